The minimum absolute atomic E-state index is 0.0769. The molecule has 1 fully saturated rings. The lowest BCUT2D eigenvalue weighted by Crippen LogP contribution is -2.48. The van der Waals surface area contributed by atoms with E-state index in [4.69, 9.17) is 0 Å². The number of carbonyl (C=O) groups excluding carboxylic acids is 1. The lowest BCUT2D eigenvalue weighted by atomic mass is 10.1. The fraction of sp³-hybridized carbons (Fsp3) is 0.333. The summed E-state index contributed by atoms with van der Waals surface area (Å²) < 4.78 is 29.1. The maximum Gasteiger partial charge on any atom is 0.251 e. The summed E-state index contributed by atoms with van der Waals surface area (Å²) in [7, 11) is -3.44. The number of imidazole rings is 1. The number of nitrogens with zero attached hydrogens (tertiary/aromatic N) is 4. The molecule has 33 heavy (non-hydrogen) atoms. The van der Waals surface area contributed by atoms with Crippen LogP contribution in [0.4, 0.5) is 0 Å². The van der Waals surface area contributed by atoms with Crippen LogP contribution in [0.15, 0.2) is 78.2 Å². The summed E-state index contributed by atoms with van der Waals surface area (Å²) in [5.41, 5.74) is 1.74. The highest BCUT2D eigenvalue weighted by Gasteiger charge is 2.28. The summed E-state index contributed by atoms with van der Waals surface area (Å²) in [6.07, 6.45) is 6.25. The molecule has 0 bridgehead atoms. The first-order valence-electron chi connectivity index (χ1n) is 11.1. The van der Waals surface area contributed by atoms with Crippen molar-refractivity contribution < 1.29 is 13.2 Å². The van der Waals surface area contributed by atoms with Crippen molar-refractivity contribution in [3.8, 4) is 0 Å². The molecule has 1 aromatic heterocycles. The fourth-order valence-electron chi connectivity index (χ4n) is 3.87. The Morgan fingerprint density at radius 1 is 0.970 bits per heavy atom. The number of aryl methyl sites for hydroxylation is 1. The third kappa shape index (κ3) is 6.07. The first-order chi connectivity index (χ1) is 16.0. The Hall–Kier alpha value is -3.01. The second-order valence-electron chi connectivity index (χ2n) is 8.10. The number of piperazine rings is 1. The Morgan fingerprint density at radius 2 is 1.70 bits per heavy atom. The molecule has 0 saturated carbocycles. The smallest absolute Gasteiger partial charge is 0.251 e. The van der Waals surface area contributed by atoms with E-state index in [1.165, 1.54) is 0 Å². The van der Waals surface area contributed by atoms with E-state index in [0.29, 0.717) is 43.2 Å². The van der Waals surface area contributed by atoms with Crippen molar-refractivity contribution in [2.24, 2.45) is 0 Å². The van der Waals surface area contributed by atoms with Crippen molar-refractivity contribution in [3.63, 3.8) is 0 Å². The molecule has 2 heterocycles. The molecule has 9 heteroatoms. The predicted molar refractivity (Wildman–Crippen MR) is 126 cm³/mol. The standard InChI is InChI=1S/C24H29N5O3S/c30-24(26-11-4-13-28-14-12-25-20-28)22-9-7-21(8-10-22)19-27-15-17-29(18-16-27)33(31,32)23-5-2-1-3-6-23/h1-3,5-10,12,14,20H,4,11,13,15-19H2,(H,26,30). The Morgan fingerprint density at radius 3 is 2.36 bits per heavy atom. The number of aromatic nitrogens is 2. The van der Waals surface area contributed by atoms with E-state index in [1.54, 1.807) is 41.1 Å². The van der Waals surface area contributed by atoms with Gasteiger partial charge < -0.3 is 9.88 Å². The van der Waals surface area contributed by atoms with Crippen molar-refractivity contribution >= 4 is 15.9 Å². The number of rotatable bonds is 9. The molecule has 1 N–H and O–H groups in total. The molecule has 1 amide bonds. The molecule has 1 aliphatic rings. The Labute approximate surface area is 194 Å². The number of nitrogens with one attached hydrogen (secondary N) is 1. The van der Waals surface area contributed by atoms with Gasteiger partial charge in [-0.05, 0) is 36.2 Å². The van der Waals surface area contributed by atoms with E-state index in [-0.39, 0.29) is 5.91 Å². The molecule has 8 nitrogen and oxygen atoms in total. The molecule has 174 valence electrons. The number of benzene rings is 2. The number of hydrogen-bond acceptors (Lipinski definition) is 5. The van der Waals surface area contributed by atoms with Gasteiger partial charge in [0.15, 0.2) is 0 Å². The van der Waals surface area contributed by atoms with E-state index in [0.717, 1.165) is 25.1 Å². The van der Waals surface area contributed by atoms with Crippen molar-refractivity contribution in [2.45, 2.75) is 24.4 Å². The van der Waals surface area contributed by atoms with Gasteiger partial charge in [-0.15, -0.1) is 0 Å². The number of amides is 1. The molecule has 0 atom stereocenters. The van der Waals surface area contributed by atoms with Crippen molar-refractivity contribution in [1.29, 1.82) is 0 Å². The zero-order valence-electron chi connectivity index (χ0n) is 18.5. The molecule has 0 radical (unpaired) electrons. The molecule has 0 unspecified atom stereocenters. The quantitative estimate of drug-likeness (QED) is 0.488. The van der Waals surface area contributed by atoms with Crippen LogP contribution in [0, 0.1) is 0 Å². The summed E-state index contributed by atoms with van der Waals surface area (Å²) in [6.45, 7) is 4.43. The molecule has 0 aliphatic carbocycles. The Kier molecular flexibility index (Phi) is 7.54. The minimum Gasteiger partial charge on any atom is -0.352 e. The van der Waals surface area contributed by atoms with Gasteiger partial charge in [0.05, 0.1) is 11.2 Å². The highest BCUT2D eigenvalue weighted by Crippen LogP contribution is 2.18. The van der Waals surface area contributed by atoms with E-state index < -0.39 is 10.0 Å². The van der Waals surface area contributed by atoms with Gasteiger partial charge in [-0.25, -0.2) is 13.4 Å². The second kappa shape index (κ2) is 10.7. The molecular formula is C24H29N5O3S. The number of hydrogen-bond donors (Lipinski definition) is 1. The van der Waals surface area contributed by atoms with Crippen LogP contribution in [-0.2, 0) is 23.1 Å². The van der Waals surface area contributed by atoms with Gasteiger partial charge >= 0.3 is 0 Å². The van der Waals surface area contributed by atoms with E-state index in [9.17, 15) is 13.2 Å². The van der Waals surface area contributed by atoms with Crippen LogP contribution >= 0.6 is 0 Å². The number of carbonyl (C=O) groups is 1. The fourth-order valence-corrected chi connectivity index (χ4v) is 5.32. The van der Waals surface area contributed by atoms with Crippen LogP contribution in [0.5, 0.6) is 0 Å². The van der Waals surface area contributed by atoms with Gasteiger partial charge in [-0.3, -0.25) is 9.69 Å². The molecular weight excluding hydrogens is 438 g/mol. The van der Waals surface area contributed by atoms with E-state index >= 15 is 0 Å². The summed E-state index contributed by atoms with van der Waals surface area (Å²) in [6, 6.07) is 16.2. The molecule has 1 aliphatic heterocycles. The first kappa shape index (κ1) is 23.2. The van der Waals surface area contributed by atoms with Crippen LogP contribution in [0.1, 0.15) is 22.3 Å². The van der Waals surface area contributed by atoms with E-state index in [2.05, 4.69) is 15.2 Å². The van der Waals surface area contributed by atoms with E-state index in [1.807, 2.05) is 41.1 Å². The molecule has 0 spiro atoms. The van der Waals surface area contributed by atoms with Crippen LogP contribution in [0.2, 0.25) is 0 Å². The van der Waals surface area contributed by atoms with Crippen LogP contribution in [-0.4, -0.2) is 65.8 Å². The first-order valence-corrected chi connectivity index (χ1v) is 12.6. The monoisotopic (exact) mass is 467 g/mol. The number of sulfonamides is 1. The second-order valence-corrected chi connectivity index (χ2v) is 10.0. The van der Waals surface area contributed by atoms with Crippen LogP contribution in [0.25, 0.3) is 0 Å². The largest absolute Gasteiger partial charge is 0.352 e. The van der Waals surface area contributed by atoms with Crippen molar-refractivity contribution in [2.75, 3.05) is 32.7 Å². The van der Waals surface area contributed by atoms with Gasteiger partial charge in [-0.2, -0.15) is 4.31 Å². The zero-order valence-corrected chi connectivity index (χ0v) is 19.3. The van der Waals surface area contributed by atoms with Gasteiger partial charge in [0, 0.05) is 63.8 Å². The highest BCUT2D eigenvalue weighted by atomic mass is 32.2. The molecule has 3 aromatic rings. The van der Waals surface area contributed by atoms with Crippen molar-refractivity contribution in [3.05, 3.63) is 84.4 Å². The molecule has 2 aromatic carbocycles. The average molecular weight is 468 g/mol. The lowest BCUT2D eigenvalue weighted by Gasteiger charge is -2.34. The maximum absolute atomic E-state index is 12.8. The minimum atomic E-state index is -3.44. The maximum atomic E-state index is 12.8. The van der Waals surface area contributed by atoms with Gasteiger partial charge in [0.25, 0.3) is 5.91 Å². The Bertz CT molecular complexity index is 1120. The molecule has 1 saturated heterocycles. The summed E-state index contributed by atoms with van der Waals surface area (Å²) in [5.74, 6) is -0.0769. The molecule has 4 rings (SSSR count). The third-order valence-electron chi connectivity index (χ3n) is 5.77. The van der Waals surface area contributed by atoms with Crippen molar-refractivity contribution in [1.82, 2.24) is 24.1 Å². The zero-order chi connectivity index (χ0) is 23.1. The van der Waals surface area contributed by atoms with Gasteiger partial charge in [-0.1, -0.05) is 30.3 Å². The van der Waals surface area contributed by atoms with Crippen LogP contribution < -0.4 is 5.32 Å². The topological polar surface area (TPSA) is 87.5 Å². The third-order valence-corrected chi connectivity index (χ3v) is 7.69. The van der Waals surface area contributed by atoms with Crippen LogP contribution in [0.3, 0.4) is 0 Å². The summed E-state index contributed by atoms with van der Waals surface area (Å²) in [4.78, 5) is 18.9. The average Bonchev–Trinajstić information content (AvgIpc) is 3.37. The predicted octanol–water partition coefficient (Wildman–Crippen LogP) is 2.21. The lowest BCUT2D eigenvalue weighted by molar-refractivity contribution is 0.0952. The Balaban J connectivity index is 1.22. The summed E-state index contributed by atoms with van der Waals surface area (Å²) >= 11 is 0. The van der Waals surface area contributed by atoms with Gasteiger partial charge in [0.1, 0.15) is 0 Å². The highest BCUT2D eigenvalue weighted by molar-refractivity contribution is 7.89. The SMILES string of the molecule is O=C(NCCCn1ccnc1)c1ccc(CN2CCN(S(=O)(=O)c3ccccc3)CC2)cc1. The normalized spacial score (nSPS) is 15.4. The summed E-state index contributed by atoms with van der Waals surface area (Å²) in [5, 5.41) is 2.95. The van der Waals surface area contributed by atoms with Gasteiger partial charge in [0.2, 0.25) is 10.0 Å².